The van der Waals surface area contributed by atoms with Gasteiger partial charge >= 0.3 is 0 Å². The molecule has 1 amide bonds. The Bertz CT molecular complexity index is 1630. The number of amides is 1. The van der Waals surface area contributed by atoms with E-state index >= 15 is 0 Å². The molecule has 3 heterocycles. The number of fused-ring (bicyclic) bond motifs is 1. The Morgan fingerprint density at radius 1 is 1.03 bits per heavy atom. The van der Waals surface area contributed by atoms with Crippen LogP contribution < -0.4 is 9.62 Å². The maximum absolute atomic E-state index is 14.5. The second-order valence-corrected chi connectivity index (χ2v) is 12.8. The van der Waals surface area contributed by atoms with Gasteiger partial charge in [-0.25, -0.2) is 26.4 Å². The highest BCUT2D eigenvalue weighted by atomic mass is 32.2. The number of aromatic nitrogens is 2. The van der Waals surface area contributed by atoms with Crippen molar-refractivity contribution in [3.63, 3.8) is 0 Å². The van der Waals surface area contributed by atoms with Crippen LogP contribution in [0.5, 0.6) is 0 Å². The zero-order valence-electron chi connectivity index (χ0n) is 21.3. The Labute approximate surface area is 220 Å². The number of sulfonamides is 1. The number of rotatable bonds is 5. The van der Waals surface area contributed by atoms with Gasteiger partial charge in [-0.05, 0) is 86.7 Å². The quantitative estimate of drug-likeness (QED) is 0.364. The lowest BCUT2D eigenvalue weighted by Gasteiger charge is -2.29. The first kappa shape index (κ1) is 25.8. The van der Waals surface area contributed by atoms with Gasteiger partial charge in [0, 0.05) is 18.4 Å². The van der Waals surface area contributed by atoms with Gasteiger partial charge < -0.3 is 4.90 Å². The van der Waals surface area contributed by atoms with Crippen LogP contribution in [0, 0.1) is 11.6 Å². The van der Waals surface area contributed by atoms with E-state index in [-0.39, 0.29) is 23.2 Å². The molecule has 0 radical (unpaired) electrons. The van der Waals surface area contributed by atoms with Gasteiger partial charge in [0.1, 0.15) is 11.6 Å². The number of hydrogen-bond donors (Lipinski definition) is 1. The van der Waals surface area contributed by atoms with Crippen molar-refractivity contribution in [2.45, 2.75) is 44.4 Å². The van der Waals surface area contributed by atoms with Crippen molar-refractivity contribution in [3.8, 4) is 11.1 Å². The fraction of sp³-hybridized carbons (Fsp3) is 0.286. The number of halogens is 2. The second-order valence-electron chi connectivity index (χ2n) is 10.4. The molecule has 1 aliphatic rings. The monoisotopic (exact) mass is 538 g/mol. The average Bonchev–Trinajstić information content (AvgIpc) is 3.51. The largest absolute Gasteiger partial charge is 0.364 e. The summed E-state index contributed by atoms with van der Waals surface area (Å²) < 4.78 is 55.6. The van der Waals surface area contributed by atoms with Crippen LogP contribution in [0.2, 0.25) is 0 Å². The molecule has 38 heavy (non-hydrogen) atoms. The smallest absolute Gasteiger partial charge is 0.268 e. The number of anilines is 1. The molecule has 5 rings (SSSR count). The number of pyridine rings is 1. The Morgan fingerprint density at radius 2 is 1.74 bits per heavy atom. The van der Waals surface area contributed by atoms with Crippen molar-refractivity contribution in [2.24, 2.45) is 0 Å². The van der Waals surface area contributed by atoms with E-state index in [9.17, 15) is 22.0 Å². The van der Waals surface area contributed by atoms with Gasteiger partial charge in [0.15, 0.2) is 0 Å². The minimum absolute atomic E-state index is 0.133. The van der Waals surface area contributed by atoms with Gasteiger partial charge in [-0.15, -0.1) is 0 Å². The van der Waals surface area contributed by atoms with Crippen LogP contribution >= 0.6 is 0 Å². The maximum Gasteiger partial charge on any atom is 0.268 e. The lowest BCUT2D eigenvalue weighted by Crippen LogP contribution is -2.42. The number of carbonyl (C=O) groups is 1. The molecule has 1 atom stereocenters. The van der Waals surface area contributed by atoms with Crippen LogP contribution in [0.4, 0.5) is 14.5 Å². The highest BCUT2D eigenvalue weighted by Crippen LogP contribution is 2.41. The van der Waals surface area contributed by atoms with Crippen molar-refractivity contribution < 1.29 is 22.0 Å². The van der Waals surface area contributed by atoms with Crippen molar-refractivity contribution in [2.75, 3.05) is 11.4 Å². The Balaban J connectivity index is 1.52. The summed E-state index contributed by atoms with van der Waals surface area (Å²) in [7, 11) is -3.91. The van der Waals surface area contributed by atoms with Crippen LogP contribution in [-0.2, 0) is 10.0 Å². The van der Waals surface area contributed by atoms with Gasteiger partial charge in [-0.3, -0.25) is 4.79 Å². The summed E-state index contributed by atoms with van der Waals surface area (Å²) in [4.78, 5) is 15.1. The Morgan fingerprint density at radius 3 is 2.45 bits per heavy atom. The third-order valence-corrected chi connectivity index (χ3v) is 8.96. The molecule has 10 heteroatoms. The number of carbonyl (C=O) groups excluding carboxylic acids is 1. The molecule has 1 N–H and O–H groups in total. The summed E-state index contributed by atoms with van der Waals surface area (Å²) >= 11 is 0. The predicted molar refractivity (Wildman–Crippen MR) is 142 cm³/mol. The lowest BCUT2D eigenvalue weighted by atomic mass is 9.93. The Hall–Kier alpha value is -3.79. The molecule has 4 aromatic rings. The number of benzene rings is 2. The average molecular weight is 539 g/mol. The van der Waals surface area contributed by atoms with Crippen LogP contribution in [0.15, 0.2) is 67.0 Å². The Kier molecular flexibility index (Phi) is 6.46. The van der Waals surface area contributed by atoms with Crippen LogP contribution in [0.1, 0.15) is 55.6 Å². The summed E-state index contributed by atoms with van der Waals surface area (Å²) in [5, 5.41) is 4.21. The summed E-state index contributed by atoms with van der Waals surface area (Å²) in [6, 6.07) is 14.3. The zero-order valence-corrected chi connectivity index (χ0v) is 22.1. The predicted octanol–water partition coefficient (Wildman–Crippen LogP) is 5.48. The van der Waals surface area contributed by atoms with E-state index in [0.717, 1.165) is 35.2 Å². The number of nitrogens with zero attached hydrogens (tertiary/aromatic N) is 3. The molecule has 198 valence electrons. The minimum Gasteiger partial charge on any atom is -0.364 e. The lowest BCUT2D eigenvalue weighted by molar-refractivity contribution is 0.0982. The molecule has 1 saturated heterocycles. The third-order valence-electron chi connectivity index (χ3n) is 6.90. The van der Waals surface area contributed by atoms with Crippen molar-refractivity contribution in [1.29, 1.82) is 0 Å². The third kappa shape index (κ3) is 4.76. The molecule has 1 aliphatic heterocycles. The normalized spacial score (nSPS) is 16.2. The van der Waals surface area contributed by atoms with Gasteiger partial charge in [0.25, 0.3) is 5.91 Å². The van der Waals surface area contributed by atoms with Crippen molar-refractivity contribution in [3.05, 3.63) is 89.8 Å². The molecule has 2 aromatic carbocycles. The molecule has 1 fully saturated rings. The summed E-state index contributed by atoms with van der Waals surface area (Å²) in [5.74, 6) is -1.46. The van der Waals surface area contributed by atoms with E-state index in [2.05, 4.69) is 14.7 Å². The van der Waals surface area contributed by atoms with E-state index < -0.39 is 20.7 Å². The summed E-state index contributed by atoms with van der Waals surface area (Å²) in [5.41, 5.74) is 3.78. The van der Waals surface area contributed by atoms with E-state index in [1.54, 1.807) is 30.5 Å². The second kappa shape index (κ2) is 9.50. The fourth-order valence-corrected chi connectivity index (χ4v) is 5.41. The molecular formula is C28H28F2N4O3S. The summed E-state index contributed by atoms with van der Waals surface area (Å²) in [6.07, 6.45) is 4.69. The molecule has 0 bridgehead atoms. The SMILES string of the molecule is CC(C)(C)S(=O)(=O)NC(=O)c1cnn2ccc(N3CCC[C@@H]3c3cc(F)ccc3-c3ccc(F)cc3)cc12. The van der Waals surface area contributed by atoms with Gasteiger partial charge in [0.05, 0.1) is 28.1 Å². The molecule has 0 spiro atoms. The first-order valence-corrected chi connectivity index (χ1v) is 13.8. The van der Waals surface area contributed by atoms with Gasteiger partial charge in [-0.1, -0.05) is 18.2 Å². The van der Waals surface area contributed by atoms with Gasteiger partial charge in [-0.2, -0.15) is 5.10 Å². The van der Waals surface area contributed by atoms with Gasteiger partial charge in [0.2, 0.25) is 10.0 Å². The number of hydrogen-bond acceptors (Lipinski definition) is 5. The maximum atomic E-state index is 14.5. The first-order valence-electron chi connectivity index (χ1n) is 12.3. The van der Waals surface area contributed by atoms with Crippen LogP contribution in [-0.4, -0.2) is 35.2 Å². The molecule has 0 unspecified atom stereocenters. The topological polar surface area (TPSA) is 83.8 Å². The van der Waals surface area contributed by atoms with E-state index in [4.69, 9.17) is 0 Å². The summed E-state index contributed by atoms with van der Waals surface area (Å²) in [6.45, 7) is 5.24. The van der Waals surface area contributed by atoms with Crippen molar-refractivity contribution >= 4 is 27.1 Å². The van der Waals surface area contributed by atoms with Crippen molar-refractivity contribution in [1.82, 2.24) is 14.3 Å². The molecule has 2 aromatic heterocycles. The highest BCUT2D eigenvalue weighted by Gasteiger charge is 2.32. The minimum atomic E-state index is -3.91. The van der Waals surface area contributed by atoms with Crippen LogP contribution in [0.25, 0.3) is 16.6 Å². The molecule has 0 aliphatic carbocycles. The molecule has 7 nitrogen and oxygen atoms in total. The fourth-order valence-electron chi connectivity index (χ4n) is 4.75. The highest BCUT2D eigenvalue weighted by molar-refractivity contribution is 7.91. The van der Waals surface area contributed by atoms with E-state index in [0.29, 0.717) is 12.1 Å². The van der Waals surface area contributed by atoms with E-state index in [1.165, 1.54) is 55.7 Å². The first-order chi connectivity index (χ1) is 17.9. The number of nitrogens with one attached hydrogen (secondary N) is 1. The van der Waals surface area contributed by atoms with E-state index in [1.807, 2.05) is 6.07 Å². The molecule has 0 saturated carbocycles. The van der Waals surface area contributed by atoms with Crippen LogP contribution in [0.3, 0.4) is 0 Å². The standard InChI is InChI=1S/C28H28F2N4O3S/c1-28(2,3)38(36,37)32-27(35)24-17-31-34-14-12-21(16-26(24)34)33-13-4-5-25(33)23-15-20(30)10-11-22(23)18-6-8-19(29)9-7-18/h6-12,14-17,25H,4-5,13H2,1-3H3,(H,32,35)/t25-/m1/s1. The molecular weight excluding hydrogens is 510 g/mol. The zero-order chi connectivity index (χ0) is 27.2.